The lowest BCUT2D eigenvalue weighted by Gasteiger charge is -2.36. The fourth-order valence-electron chi connectivity index (χ4n) is 2.53. The second-order valence-corrected chi connectivity index (χ2v) is 5.38. The van der Waals surface area contributed by atoms with Gasteiger partial charge in [-0.3, -0.25) is 9.20 Å². The van der Waals surface area contributed by atoms with E-state index >= 15 is 0 Å². The molecule has 0 unspecified atom stereocenters. The van der Waals surface area contributed by atoms with Crippen LogP contribution in [0.4, 0.5) is 10.1 Å². The number of nitrogens with zero attached hydrogens (tertiary/aromatic N) is 3. The molecule has 0 amide bonds. The van der Waals surface area contributed by atoms with Crippen molar-refractivity contribution >= 4 is 11.3 Å². The molecule has 2 aromatic rings. The predicted octanol–water partition coefficient (Wildman–Crippen LogP) is 2.25. The molecule has 1 fully saturated rings. The van der Waals surface area contributed by atoms with E-state index in [1.165, 1.54) is 22.7 Å². The van der Waals surface area contributed by atoms with Crippen molar-refractivity contribution < 1.29 is 4.39 Å². The number of hydrogen-bond donors (Lipinski definition) is 1. The van der Waals surface area contributed by atoms with Crippen LogP contribution in [-0.4, -0.2) is 14.9 Å². The van der Waals surface area contributed by atoms with Crippen molar-refractivity contribution in [3.8, 4) is 6.07 Å². The Kier molecular flexibility index (Phi) is 3.13. The summed E-state index contributed by atoms with van der Waals surface area (Å²) in [4.78, 5) is 16.2. The molecule has 1 saturated carbocycles. The predicted molar refractivity (Wildman–Crippen MR) is 76.6 cm³/mol. The third kappa shape index (κ3) is 2.25. The summed E-state index contributed by atoms with van der Waals surface area (Å²) in [6.07, 6.45) is 4.50. The van der Waals surface area contributed by atoms with Crippen LogP contribution in [0.2, 0.25) is 0 Å². The molecule has 0 spiro atoms. The molecular weight excluding hydrogens is 271 g/mol. The van der Waals surface area contributed by atoms with Crippen molar-refractivity contribution in [3.05, 3.63) is 40.2 Å². The fourth-order valence-corrected chi connectivity index (χ4v) is 2.53. The van der Waals surface area contributed by atoms with E-state index in [2.05, 4.69) is 16.4 Å². The van der Waals surface area contributed by atoms with E-state index < -0.39 is 11.4 Å². The molecule has 108 valence electrons. The minimum Gasteiger partial charge on any atom is -0.366 e. The zero-order chi connectivity index (χ0) is 15.0. The molecule has 0 aliphatic heterocycles. The van der Waals surface area contributed by atoms with Crippen LogP contribution in [0.1, 0.15) is 31.9 Å². The largest absolute Gasteiger partial charge is 0.366 e. The Bertz CT molecular complexity index is 802. The Labute approximate surface area is 121 Å². The van der Waals surface area contributed by atoms with Crippen molar-refractivity contribution in [2.75, 3.05) is 5.32 Å². The second-order valence-electron chi connectivity index (χ2n) is 5.38. The first kappa shape index (κ1) is 13.6. The Balaban J connectivity index is 2.09. The molecule has 0 bridgehead atoms. The summed E-state index contributed by atoms with van der Waals surface area (Å²) in [5, 5.41) is 12.3. The van der Waals surface area contributed by atoms with Crippen molar-refractivity contribution in [2.45, 2.75) is 38.1 Å². The van der Waals surface area contributed by atoms with Gasteiger partial charge in [0.15, 0.2) is 11.5 Å². The molecule has 6 heteroatoms. The van der Waals surface area contributed by atoms with Gasteiger partial charge in [-0.15, -0.1) is 0 Å². The number of anilines is 1. The van der Waals surface area contributed by atoms with E-state index in [-0.39, 0.29) is 11.2 Å². The van der Waals surface area contributed by atoms with Gasteiger partial charge in [-0.2, -0.15) is 5.26 Å². The van der Waals surface area contributed by atoms with E-state index in [1.54, 1.807) is 0 Å². The average molecular weight is 286 g/mol. The number of hydrogen-bond acceptors (Lipinski definition) is 4. The molecule has 2 heterocycles. The Morgan fingerprint density at radius 3 is 2.86 bits per heavy atom. The zero-order valence-electron chi connectivity index (χ0n) is 11.7. The van der Waals surface area contributed by atoms with E-state index in [9.17, 15) is 14.4 Å². The maximum Gasteiger partial charge on any atom is 0.258 e. The normalized spacial score (nSPS) is 16.2. The van der Waals surface area contributed by atoms with E-state index in [1.807, 2.05) is 6.92 Å². The Hall–Kier alpha value is -2.42. The van der Waals surface area contributed by atoms with Crippen LogP contribution in [-0.2, 0) is 6.42 Å². The Morgan fingerprint density at radius 2 is 2.29 bits per heavy atom. The lowest BCUT2D eigenvalue weighted by molar-refractivity contribution is 0.356. The Morgan fingerprint density at radius 1 is 1.52 bits per heavy atom. The van der Waals surface area contributed by atoms with E-state index in [0.717, 1.165) is 19.3 Å². The second kappa shape index (κ2) is 4.85. The number of pyridine rings is 1. The van der Waals surface area contributed by atoms with Gasteiger partial charge in [0, 0.05) is 24.0 Å². The van der Waals surface area contributed by atoms with Crippen LogP contribution in [0.15, 0.2) is 23.1 Å². The zero-order valence-corrected chi connectivity index (χ0v) is 11.7. The lowest BCUT2D eigenvalue weighted by Crippen LogP contribution is -2.43. The lowest BCUT2D eigenvalue weighted by atomic mass is 9.78. The molecule has 0 aromatic carbocycles. The number of fused-ring (bicyclic) bond motifs is 1. The summed E-state index contributed by atoms with van der Waals surface area (Å²) in [6, 6.07) is 4.92. The molecule has 1 aliphatic rings. The summed E-state index contributed by atoms with van der Waals surface area (Å²) in [5.74, 6) is -0.570. The number of aryl methyl sites for hydroxylation is 1. The topological polar surface area (TPSA) is 70.2 Å². The minimum absolute atomic E-state index is 0.0181. The van der Waals surface area contributed by atoms with Crippen LogP contribution in [0.25, 0.3) is 5.65 Å². The van der Waals surface area contributed by atoms with Crippen molar-refractivity contribution in [2.24, 2.45) is 0 Å². The third-order valence-corrected chi connectivity index (χ3v) is 3.94. The van der Waals surface area contributed by atoms with Gasteiger partial charge in [-0.25, -0.2) is 9.37 Å². The summed E-state index contributed by atoms with van der Waals surface area (Å²) in [7, 11) is 0. The van der Waals surface area contributed by atoms with Crippen LogP contribution >= 0.6 is 0 Å². The van der Waals surface area contributed by atoms with Crippen LogP contribution in [0.3, 0.4) is 0 Å². The van der Waals surface area contributed by atoms with E-state index in [0.29, 0.717) is 17.8 Å². The highest BCUT2D eigenvalue weighted by atomic mass is 19.1. The van der Waals surface area contributed by atoms with Gasteiger partial charge in [-0.05, 0) is 25.7 Å². The summed E-state index contributed by atoms with van der Waals surface area (Å²) >= 11 is 0. The SMILES string of the molecule is CCc1cc(=O)n2cc(NC3(C#N)CCC3)cc(F)c2n1. The minimum atomic E-state index is -0.638. The number of halogens is 1. The van der Waals surface area contributed by atoms with Gasteiger partial charge in [0.2, 0.25) is 0 Å². The standard InChI is InChI=1S/C15H15FN4O/c1-2-10-7-13(21)20-8-11(6-12(16)14(20)18-10)19-15(9-17)4-3-5-15/h6-8,19H,2-5H2,1H3. The smallest absolute Gasteiger partial charge is 0.258 e. The quantitative estimate of drug-likeness (QED) is 0.939. The number of aromatic nitrogens is 2. The first-order chi connectivity index (χ1) is 10.1. The molecule has 0 atom stereocenters. The highest BCUT2D eigenvalue weighted by Gasteiger charge is 2.37. The van der Waals surface area contributed by atoms with Gasteiger partial charge < -0.3 is 5.32 Å². The van der Waals surface area contributed by atoms with Crippen molar-refractivity contribution in [1.29, 1.82) is 5.26 Å². The fraction of sp³-hybridized carbons (Fsp3) is 0.400. The van der Waals surface area contributed by atoms with Crippen molar-refractivity contribution in [1.82, 2.24) is 9.38 Å². The monoisotopic (exact) mass is 286 g/mol. The van der Waals surface area contributed by atoms with Gasteiger partial charge >= 0.3 is 0 Å². The average Bonchev–Trinajstić information content (AvgIpc) is 2.43. The molecule has 1 N–H and O–H groups in total. The molecule has 2 aromatic heterocycles. The maximum absolute atomic E-state index is 14.2. The molecule has 0 saturated heterocycles. The molecule has 1 aliphatic carbocycles. The van der Waals surface area contributed by atoms with Gasteiger partial charge in [0.1, 0.15) is 5.54 Å². The first-order valence-corrected chi connectivity index (χ1v) is 6.98. The van der Waals surface area contributed by atoms with Gasteiger partial charge in [-0.1, -0.05) is 6.92 Å². The third-order valence-electron chi connectivity index (χ3n) is 3.94. The molecule has 3 rings (SSSR count). The number of nitrogens with one attached hydrogen (secondary N) is 1. The van der Waals surface area contributed by atoms with Crippen LogP contribution in [0.5, 0.6) is 0 Å². The van der Waals surface area contributed by atoms with Crippen LogP contribution in [0, 0.1) is 17.1 Å². The molecule has 0 radical (unpaired) electrons. The summed E-state index contributed by atoms with van der Waals surface area (Å²) in [6.45, 7) is 1.86. The highest BCUT2D eigenvalue weighted by Crippen LogP contribution is 2.34. The first-order valence-electron chi connectivity index (χ1n) is 6.98. The molecule has 21 heavy (non-hydrogen) atoms. The van der Waals surface area contributed by atoms with Crippen LogP contribution < -0.4 is 10.9 Å². The number of rotatable bonds is 3. The number of nitriles is 1. The molecule has 5 nitrogen and oxygen atoms in total. The summed E-state index contributed by atoms with van der Waals surface area (Å²) < 4.78 is 15.4. The van der Waals surface area contributed by atoms with Gasteiger partial charge in [0.05, 0.1) is 11.8 Å². The molecular formula is C15H15FN4O. The maximum atomic E-state index is 14.2. The van der Waals surface area contributed by atoms with Gasteiger partial charge in [0.25, 0.3) is 5.56 Å². The van der Waals surface area contributed by atoms with Crippen molar-refractivity contribution in [3.63, 3.8) is 0 Å². The summed E-state index contributed by atoms with van der Waals surface area (Å²) in [5.41, 5.74) is 0.0468. The highest BCUT2D eigenvalue weighted by molar-refractivity contribution is 5.54. The van der Waals surface area contributed by atoms with E-state index in [4.69, 9.17) is 0 Å².